The molecule has 0 aliphatic heterocycles. The summed E-state index contributed by atoms with van der Waals surface area (Å²) in [4.78, 5) is 49.1. The number of carbonyl (C=O) groups is 1. The van der Waals surface area contributed by atoms with Gasteiger partial charge in [-0.15, -0.1) is 0 Å². The summed E-state index contributed by atoms with van der Waals surface area (Å²) >= 11 is 0. The van der Waals surface area contributed by atoms with Crippen molar-refractivity contribution in [3.05, 3.63) is 86.7 Å². The molecule has 4 rings (SSSR count). The molecule has 0 saturated carbocycles. The van der Waals surface area contributed by atoms with Crippen molar-refractivity contribution in [2.75, 3.05) is 5.32 Å². The normalized spacial score (nSPS) is 11.2. The molecule has 0 unspecified atom stereocenters. The van der Waals surface area contributed by atoms with Crippen LogP contribution in [0.2, 0.25) is 0 Å². The number of pyridine rings is 1. The minimum atomic E-state index is -0.628. The molecular weight excluding hydrogens is 408 g/mol. The topological polar surface area (TPSA) is 115 Å². The van der Waals surface area contributed by atoms with E-state index in [9.17, 15) is 14.4 Å². The number of nitrogens with one attached hydrogen (secondary N) is 2. The first-order chi connectivity index (χ1) is 15.4. The molecule has 0 saturated heterocycles. The van der Waals surface area contributed by atoms with Crippen molar-refractivity contribution >= 4 is 22.6 Å². The Hall–Kier alpha value is -4.01. The lowest BCUT2D eigenvalue weighted by Gasteiger charge is -2.14. The summed E-state index contributed by atoms with van der Waals surface area (Å²) in [5, 5.41) is 2.98. The number of benzene rings is 1. The van der Waals surface area contributed by atoms with E-state index in [2.05, 4.69) is 20.3 Å². The van der Waals surface area contributed by atoms with Crippen molar-refractivity contribution in [3.63, 3.8) is 0 Å². The van der Waals surface area contributed by atoms with E-state index in [1.54, 1.807) is 31.6 Å². The number of imidazole rings is 1. The molecular formula is C23H24N6O3. The van der Waals surface area contributed by atoms with Gasteiger partial charge in [0.25, 0.3) is 11.5 Å². The van der Waals surface area contributed by atoms with Crippen LogP contribution < -0.4 is 16.6 Å². The summed E-state index contributed by atoms with van der Waals surface area (Å²) in [5.74, 6) is -0.435. The monoisotopic (exact) mass is 432 g/mol. The van der Waals surface area contributed by atoms with Gasteiger partial charge in [-0.3, -0.25) is 19.1 Å². The first-order valence-electron chi connectivity index (χ1n) is 10.4. The van der Waals surface area contributed by atoms with Crippen LogP contribution in [-0.4, -0.2) is 30.0 Å². The Morgan fingerprint density at radius 1 is 1.22 bits per heavy atom. The Bertz CT molecular complexity index is 1400. The van der Waals surface area contributed by atoms with Crippen LogP contribution in [0.1, 0.15) is 48.3 Å². The highest BCUT2D eigenvalue weighted by molar-refractivity contribution is 6.11. The maximum Gasteiger partial charge on any atom is 0.329 e. The van der Waals surface area contributed by atoms with Crippen LogP contribution >= 0.6 is 0 Å². The van der Waals surface area contributed by atoms with E-state index in [0.29, 0.717) is 24.5 Å². The largest absolute Gasteiger partial charge is 0.333 e. The van der Waals surface area contributed by atoms with Crippen LogP contribution in [-0.2, 0) is 13.1 Å². The molecule has 4 aromatic rings. The van der Waals surface area contributed by atoms with E-state index in [0.717, 1.165) is 5.56 Å². The molecule has 3 aromatic heterocycles. The summed E-state index contributed by atoms with van der Waals surface area (Å²) in [6.07, 6.45) is 5.29. The first kappa shape index (κ1) is 21.2. The number of hydrogen-bond acceptors (Lipinski definition) is 5. The first-order valence-corrected chi connectivity index (χ1v) is 10.4. The summed E-state index contributed by atoms with van der Waals surface area (Å²) in [6, 6.07) is 9.09. The quantitative estimate of drug-likeness (QED) is 0.486. The predicted molar refractivity (Wildman–Crippen MR) is 122 cm³/mol. The van der Waals surface area contributed by atoms with Crippen LogP contribution in [0, 0.1) is 0 Å². The van der Waals surface area contributed by atoms with Crippen LogP contribution in [0.5, 0.6) is 0 Å². The molecule has 2 N–H and O–H groups in total. The number of hydrogen-bond donors (Lipinski definition) is 2. The maximum atomic E-state index is 13.3. The fraction of sp³-hybridized carbons (Fsp3) is 0.261. The molecule has 164 valence electrons. The van der Waals surface area contributed by atoms with Gasteiger partial charge in [-0.25, -0.2) is 14.8 Å². The van der Waals surface area contributed by atoms with E-state index < -0.39 is 17.2 Å². The van der Waals surface area contributed by atoms with Gasteiger partial charge in [-0.1, -0.05) is 26.0 Å². The van der Waals surface area contributed by atoms with Gasteiger partial charge in [0.2, 0.25) is 0 Å². The van der Waals surface area contributed by atoms with Gasteiger partial charge in [0.05, 0.1) is 17.3 Å². The summed E-state index contributed by atoms with van der Waals surface area (Å²) in [7, 11) is 0. The zero-order valence-corrected chi connectivity index (χ0v) is 18.1. The number of aromatic nitrogens is 5. The Labute approximate surface area is 183 Å². The van der Waals surface area contributed by atoms with Gasteiger partial charge in [0, 0.05) is 36.9 Å². The van der Waals surface area contributed by atoms with Gasteiger partial charge >= 0.3 is 5.69 Å². The fourth-order valence-electron chi connectivity index (χ4n) is 3.60. The highest BCUT2D eigenvalue weighted by atomic mass is 16.2. The number of amides is 1. The van der Waals surface area contributed by atoms with Crippen LogP contribution in [0.3, 0.4) is 0 Å². The number of aryl methyl sites for hydroxylation is 1. The number of fused-ring (bicyclic) bond motifs is 1. The van der Waals surface area contributed by atoms with Gasteiger partial charge in [-0.05, 0) is 36.6 Å². The van der Waals surface area contributed by atoms with E-state index in [-0.39, 0.29) is 22.5 Å². The average Bonchev–Trinajstić information content (AvgIpc) is 3.26. The van der Waals surface area contributed by atoms with Crippen molar-refractivity contribution in [1.29, 1.82) is 0 Å². The molecule has 0 bridgehead atoms. The Balaban J connectivity index is 1.77. The lowest BCUT2D eigenvalue weighted by molar-refractivity contribution is 0.102. The van der Waals surface area contributed by atoms with Crippen molar-refractivity contribution in [2.45, 2.75) is 39.8 Å². The molecule has 0 aliphatic rings. The van der Waals surface area contributed by atoms with Crippen molar-refractivity contribution in [2.24, 2.45) is 0 Å². The number of carbonyl (C=O) groups excluding carboxylic acids is 1. The van der Waals surface area contributed by atoms with Crippen molar-refractivity contribution in [1.82, 2.24) is 24.1 Å². The Morgan fingerprint density at radius 2 is 2.03 bits per heavy atom. The van der Waals surface area contributed by atoms with Crippen molar-refractivity contribution < 1.29 is 4.79 Å². The highest BCUT2D eigenvalue weighted by Gasteiger charge is 2.20. The molecule has 0 aliphatic carbocycles. The van der Waals surface area contributed by atoms with Crippen LogP contribution in [0.4, 0.5) is 5.69 Å². The number of anilines is 1. The molecule has 0 radical (unpaired) electrons. The summed E-state index contributed by atoms with van der Waals surface area (Å²) < 4.78 is 3.29. The minimum Gasteiger partial charge on any atom is -0.333 e. The molecule has 0 spiro atoms. The molecule has 9 nitrogen and oxygen atoms in total. The fourth-order valence-corrected chi connectivity index (χ4v) is 3.60. The van der Waals surface area contributed by atoms with E-state index >= 15 is 0 Å². The van der Waals surface area contributed by atoms with Gasteiger partial charge in [-0.2, -0.15) is 0 Å². The van der Waals surface area contributed by atoms with Crippen molar-refractivity contribution in [3.8, 4) is 0 Å². The Kier molecular flexibility index (Phi) is 5.72. The number of nitrogens with zero attached hydrogens (tertiary/aromatic N) is 4. The third-order valence-corrected chi connectivity index (χ3v) is 5.23. The van der Waals surface area contributed by atoms with Crippen LogP contribution in [0.15, 0.2) is 58.6 Å². The predicted octanol–water partition coefficient (Wildman–Crippen LogP) is 2.73. The zero-order chi connectivity index (χ0) is 22.8. The lowest BCUT2D eigenvalue weighted by Crippen LogP contribution is -2.32. The second kappa shape index (κ2) is 8.62. The number of H-pyrrole nitrogens is 1. The minimum absolute atomic E-state index is 0.00385. The van der Waals surface area contributed by atoms with Gasteiger partial charge < -0.3 is 9.88 Å². The van der Waals surface area contributed by atoms with E-state index in [1.165, 1.54) is 4.57 Å². The zero-order valence-electron chi connectivity index (χ0n) is 18.1. The standard InChI is InChI=1S/C23H24N6O3/c1-4-29-20-19(22(31)27-23(29)32)17(11-18(26-20)14(2)3)21(30)25-16-7-5-6-15(10-16)12-28-9-8-24-13-28/h5-11,13-14H,4,12H2,1-3H3,(H,25,30)(H,27,31,32). The van der Waals surface area contributed by atoms with Gasteiger partial charge in [0.15, 0.2) is 5.65 Å². The second-order valence-corrected chi connectivity index (χ2v) is 7.84. The SMILES string of the molecule is CCn1c(=O)[nH]c(=O)c2c(C(=O)Nc3cccc(Cn4ccnc4)c3)cc(C(C)C)nc21. The lowest BCUT2D eigenvalue weighted by atomic mass is 10.0. The summed E-state index contributed by atoms with van der Waals surface area (Å²) in [6.45, 7) is 6.60. The van der Waals surface area contributed by atoms with Crippen LogP contribution in [0.25, 0.3) is 11.0 Å². The highest BCUT2D eigenvalue weighted by Crippen LogP contribution is 2.21. The number of rotatable bonds is 6. The molecule has 0 fully saturated rings. The molecule has 3 heterocycles. The smallest absolute Gasteiger partial charge is 0.329 e. The van der Waals surface area contributed by atoms with Gasteiger partial charge in [0.1, 0.15) is 0 Å². The molecule has 0 atom stereocenters. The second-order valence-electron chi connectivity index (χ2n) is 7.84. The molecule has 9 heteroatoms. The third kappa shape index (κ3) is 4.09. The van der Waals surface area contributed by atoms with E-state index in [1.807, 2.05) is 42.8 Å². The third-order valence-electron chi connectivity index (χ3n) is 5.23. The number of aromatic amines is 1. The maximum absolute atomic E-state index is 13.3. The Morgan fingerprint density at radius 3 is 2.72 bits per heavy atom. The van der Waals surface area contributed by atoms with E-state index in [4.69, 9.17) is 0 Å². The molecule has 1 amide bonds. The summed E-state index contributed by atoms with van der Waals surface area (Å²) in [5.41, 5.74) is 1.44. The average molecular weight is 432 g/mol. The molecule has 1 aromatic carbocycles. The molecule has 32 heavy (non-hydrogen) atoms.